The van der Waals surface area contributed by atoms with Crippen LogP contribution in [0.4, 0.5) is 0 Å². The summed E-state index contributed by atoms with van der Waals surface area (Å²) >= 11 is 7.29. The average molecular weight is 362 g/mol. The molecule has 0 aliphatic rings. The number of nitrogens with two attached hydrogens (primary N) is 1. The molecule has 0 saturated heterocycles. The summed E-state index contributed by atoms with van der Waals surface area (Å²) in [5.74, 6) is -0.159. The maximum Gasteiger partial charge on any atom is 0.251 e. The Morgan fingerprint density at radius 1 is 1.33 bits per heavy atom. The Labute approximate surface area is 146 Å². The van der Waals surface area contributed by atoms with E-state index in [2.05, 4.69) is 20.2 Å². The van der Waals surface area contributed by atoms with Crippen LogP contribution < -0.4 is 10.5 Å². The van der Waals surface area contributed by atoms with Crippen molar-refractivity contribution in [2.45, 2.75) is 6.92 Å². The molecule has 0 saturated carbocycles. The predicted molar refractivity (Wildman–Crippen MR) is 91.2 cm³/mol. The summed E-state index contributed by atoms with van der Waals surface area (Å²) in [5, 5.41) is 8.57. The molecular weight excluding hydrogens is 350 g/mol. The summed E-state index contributed by atoms with van der Waals surface area (Å²) in [4.78, 5) is 20.6. The first-order chi connectivity index (χ1) is 11.5. The van der Waals surface area contributed by atoms with Gasteiger partial charge in [-0.15, -0.1) is 10.2 Å². The maximum atomic E-state index is 12.2. The highest BCUT2D eigenvalue weighted by Gasteiger charge is 2.23. The summed E-state index contributed by atoms with van der Waals surface area (Å²) < 4.78 is 5.34. The van der Waals surface area contributed by atoms with E-state index in [-0.39, 0.29) is 10.7 Å². The van der Waals surface area contributed by atoms with Gasteiger partial charge in [-0.2, -0.15) is 0 Å². The molecule has 2 N–H and O–H groups in total. The van der Waals surface area contributed by atoms with Crippen molar-refractivity contribution in [3.05, 3.63) is 40.3 Å². The van der Waals surface area contributed by atoms with Crippen molar-refractivity contribution in [1.29, 1.82) is 0 Å². The van der Waals surface area contributed by atoms with Crippen LogP contribution in [0.2, 0.25) is 5.15 Å². The van der Waals surface area contributed by atoms with Gasteiger partial charge in [-0.1, -0.05) is 22.9 Å². The smallest absolute Gasteiger partial charge is 0.251 e. The number of carbonyl (C=O) groups is 1. The number of hydrogen-bond donors (Lipinski definition) is 1. The van der Waals surface area contributed by atoms with Crippen molar-refractivity contribution in [2.24, 2.45) is 5.73 Å². The zero-order valence-corrected chi connectivity index (χ0v) is 14.4. The quantitative estimate of drug-likeness (QED) is 0.716. The first-order valence-corrected chi connectivity index (χ1v) is 8.05. The summed E-state index contributed by atoms with van der Waals surface area (Å²) in [6.07, 6.45) is 1.49. The van der Waals surface area contributed by atoms with Gasteiger partial charge in [-0.25, -0.2) is 9.97 Å². The van der Waals surface area contributed by atoms with Gasteiger partial charge in [0.15, 0.2) is 5.01 Å². The lowest BCUT2D eigenvalue weighted by molar-refractivity contribution is 0.100. The van der Waals surface area contributed by atoms with Crippen LogP contribution in [-0.4, -0.2) is 33.2 Å². The van der Waals surface area contributed by atoms with E-state index >= 15 is 0 Å². The van der Waals surface area contributed by atoms with Crippen molar-refractivity contribution in [1.82, 2.24) is 20.2 Å². The summed E-state index contributed by atoms with van der Waals surface area (Å²) in [6.45, 7) is 1.81. The van der Waals surface area contributed by atoms with Crippen LogP contribution >= 0.6 is 22.9 Å². The number of primary amides is 1. The van der Waals surface area contributed by atoms with Gasteiger partial charge in [-0.3, -0.25) is 4.79 Å². The highest BCUT2D eigenvalue weighted by Crippen LogP contribution is 2.37. The number of amides is 1. The number of halogens is 1. The van der Waals surface area contributed by atoms with E-state index in [0.717, 1.165) is 0 Å². The van der Waals surface area contributed by atoms with Gasteiger partial charge in [0.1, 0.15) is 22.1 Å². The minimum absolute atomic E-state index is 0.234. The number of aromatic nitrogens is 4. The molecule has 7 nitrogen and oxygen atoms in total. The summed E-state index contributed by atoms with van der Waals surface area (Å²) in [6, 6.07) is 3.37. The standard InChI is InChI=1S/C15H12ClN5O2S/c1-7-3-9(8-4-11(16)18-5-10(8)23-2)12(14(17)22)13(20-7)15-21-19-6-24-15/h3-6H,1-2H3,(H2,17,22). The minimum Gasteiger partial charge on any atom is -0.494 e. The molecule has 0 aliphatic carbocycles. The van der Waals surface area contributed by atoms with Gasteiger partial charge in [-0.05, 0) is 19.1 Å². The molecule has 0 spiro atoms. The van der Waals surface area contributed by atoms with Crippen LogP contribution in [0.15, 0.2) is 23.8 Å². The van der Waals surface area contributed by atoms with E-state index in [1.54, 1.807) is 17.6 Å². The van der Waals surface area contributed by atoms with Crippen LogP contribution in [0.1, 0.15) is 16.1 Å². The van der Waals surface area contributed by atoms with Crippen LogP contribution in [0, 0.1) is 6.92 Å². The lowest BCUT2D eigenvalue weighted by Crippen LogP contribution is -2.16. The highest BCUT2D eigenvalue weighted by atomic mass is 35.5. The van der Waals surface area contributed by atoms with Gasteiger partial charge in [0.2, 0.25) is 0 Å². The van der Waals surface area contributed by atoms with Gasteiger partial charge >= 0.3 is 0 Å². The first-order valence-electron chi connectivity index (χ1n) is 6.79. The zero-order valence-electron chi connectivity index (χ0n) is 12.8. The van der Waals surface area contributed by atoms with Crippen molar-refractivity contribution in [2.75, 3.05) is 7.11 Å². The summed E-state index contributed by atoms with van der Waals surface area (Å²) in [7, 11) is 1.51. The molecule has 122 valence electrons. The van der Waals surface area contributed by atoms with Crippen molar-refractivity contribution in [3.63, 3.8) is 0 Å². The van der Waals surface area contributed by atoms with E-state index in [1.807, 2.05) is 6.92 Å². The van der Waals surface area contributed by atoms with E-state index in [9.17, 15) is 4.79 Å². The molecule has 0 aliphatic heterocycles. The molecule has 0 atom stereocenters. The molecule has 3 rings (SSSR count). The molecule has 3 heterocycles. The van der Waals surface area contributed by atoms with Crippen LogP contribution in [0.5, 0.6) is 5.75 Å². The van der Waals surface area contributed by atoms with Crippen LogP contribution in [0.3, 0.4) is 0 Å². The molecule has 3 aromatic rings. The number of nitrogens with zero attached hydrogens (tertiary/aromatic N) is 4. The molecule has 0 bridgehead atoms. The lowest BCUT2D eigenvalue weighted by atomic mass is 9.97. The highest BCUT2D eigenvalue weighted by molar-refractivity contribution is 7.12. The van der Waals surface area contributed by atoms with Crippen molar-refractivity contribution < 1.29 is 9.53 Å². The number of pyridine rings is 2. The van der Waals surface area contributed by atoms with Crippen molar-refractivity contribution >= 4 is 28.8 Å². The zero-order chi connectivity index (χ0) is 17.3. The molecular formula is C15H12ClN5O2S. The second-order valence-electron chi connectivity index (χ2n) is 4.85. The third-order valence-electron chi connectivity index (χ3n) is 3.30. The number of rotatable bonds is 4. The van der Waals surface area contributed by atoms with Gasteiger partial charge in [0, 0.05) is 16.8 Å². The van der Waals surface area contributed by atoms with E-state index in [0.29, 0.717) is 33.3 Å². The van der Waals surface area contributed by atoms with E-state index in [1.165, 1.54) is 24.6 Å². The first kappa shape index (κ1) is 16.3. The average Bonchev–Trinajstić information content (AvgIpc) is 3.08. The van der Waals surface area contributed by atoms with Gasteiger partial charge in [0.25, 0.3) is 5.91 Å². The third-order valence-corrected chi connectivity index (χ3v) is 4.21. The Hall–Kier alpha value is -2.58. The Morgan fingerprint density at radius 3 is 2.75 bits per heavy atom. The van der Waals surface area contributed by atoms with Gasteiger partial charge in [0.05, 0.1) is 18.9 Å². The monoisotopic (exact) mass is 361 g/mol. The Kier molecular flexibility index (Phi) is 4.41. The van der Waals surface area contributed by atoms with Gasteiger partial charge < -0.3 is 10.5 Å². The molecule has 0 unspecified atom stereocenters. The predicted octanol–water partition coefficient (Wildman–Crippen LogP) is 2.73. The lowest BCUT2D eigenvalue weighted by Gasteiger charge is -2.14. The Bertz CT molecular complexity index is 914. The fourth-order valence-electron chi connectivity index (χ4n) is 2.36. The van der Waals surface area contributed by atoms with E-state index < -0.39 is 5.91 Å². The number of carbonyl (C=O) groups excluding carboxylic acids is 1. The second-order valence-corrected chi connectivity index (χ2v) is 6.07. The summed E-state index contributed by atoms with van der Waals surface area (Å²) in [5.41, 5.74) is 9.65. The second kappa shape index (κ2) is 6.50. The molecule has 24 heavy (non-hydrogen) atoms. The number of methoxy groups -OCH3 is 1. The molecule has 9 heteroatoms. The molecule has 3 aromatic heterocycles. The normalized spacial score (nSPS) is 10.6. The van der Waals surface area contributed by atoms with E-state index in [4.69, 9.17) is 22.1 Å². The molecule has 0 fully saturated rings. The van der Waals surface area contributed by atoms with Crippen LogP contribution in [0.25, 0.3) is 21.8 Å². The molecule has 0 aromatic carbocycles. The topological polar surface area (TPSA) is 104 Å². The fraction of sp³-hybridized carbons (Fsp3) is 0.133. The third kappa shape index (κ3) is 2.93. The number of hydrogen-bond acceptors (Lipinski definition) is 7. The van der Waals surface area contributed by atoms with Crippen molar-refractivity contribution in [3.8, 4) is 27.6 Å². The number of aryl methyl sites for hydroxylation is 1. The fourth-order valence-corrected chi connectivity index (χ4v) is 3.06. The molecule has 0 radical (unpaired) electrons. The minimum atomic E-state index is -0.627. The van der Waals surface area contributed by atoms with Crippen LogP contribution in [-0.2, 0) is 0 Å². The number of ether oxygens (including phenoxy) is 1. The largest absolute Gasteiger partial charge is 0.494 e. The molecule has 1 amide bonds. The maximum absolute atomic E-state index is 12.2. The SMILES string of the molecule is COc1cnc(Cl)cc1-c1cc(C)nc(-c2nncs2)c1C(N)=O. The Balaban J connectivity index is 2.37. The Morgan fingerprint density at radius 2 is 2.12 bits per heavy atom.